The summed E-state index contributed by atoms with van der Waals surface area (Å²) >= 11 is 6.04. The van der Waals surface area contributed by atoms with Gasteiger partial charge >= 0.3 is 5.97 Å². The Morgan fingerprint density at radius 2 is 2.25 bits per heavy atom. The Bertz CT molecular complexity index is 488. The predicted molar refractivity (Wildman–Crippen MR) is 79.0 cm³/mol. The second-order valence-electron chi connectivity index (χ2n) is 5.83. The Kier molecular flexibility index (Phi) is 4.71. The van der Waals surface area contributed by atoms with Gasteiger partial charge in [0, 0.05) is 10.9 Å². The molecule has 1 aliphatic carbocycles. The first-order valence-electron chi connectivity index (χ1n) is 7.14. The van der Waals surface area contributed by atoms with Crippen molar-refractivity contribution < 1.29 is 15.0 Å². The van der Waals surface area contributed by atoms with Gasteiger partial charge in [-0.1, -0.05) is 37.1 Å². The minimum atomic E-state index is -1.16. The Morgan fingerprint density at radius 1 is 1.50 bits per heavy atom. The smallest absolute Gasteiger partial charge is 0.306 e. The SMILES string of the molecule is CCC1CCC(O)(CC(=O)O)C(c2cccc(Cl)c2)C1. The van der Waals surface area contributed by atoms with Crippen molar-refractivity contribution in [1.82, 2.24) is 0 Å². The number of benzene rings is 1. The largest absolute Gasteiger partial charge is 0.481 e. The van der Waals surface area contributed by atoms with Gasteiger partial charge in [-0.15, -0.1) is 0 Å². The zero-order valence-electron chi connectivity index (χ0n) is 11.7. The molecule has 1 saturated carbocycles. The molecule has 3 atom stereocenters. The van der Waals surface area contributed by atoms with Gasteiger partial charge in [0.05, 0.1) is 12.0 Å². The van der Waals surface area contributed by atoms with Crippen molar-refractivity contribution in [2.45, 2.75) is 50.5 Å². The fourth-order valence-electron chi connectivity index (χ4n) is 3.31. The minimum absolute atomic E-state index is 0.156. The van der Waals surface area contributed by atoms with Gasteiger partial charge < -0.3 is 10.2 Å². The standard InChI is InChI=1S/C16H21ClO3/c1-2-11-6-7-16(20,10-15(18)19)14(8-11)12-4-3-5-13(17)9-12/h3-5,9,11,14,20H,2,6-8,10H2,1H3,(H,18,19). The van der Waals surface area contributed by atoms with Crippen LogP contribution in [0.1, 0.15) is 50.5 Å². The summed E-state index contributed by atoms with van der Waals surface area (Å²) in [6.45, 7) is 2.14. The normalized spacial score (nSPS) is 30.1. The van der Waals surface area contributed by atoms with Crippen molar-refractivity contribution in [3.8, 4) is 0 Å². The molecule has 2 rings (SSSR count). The number of rotatable bonds is 4. The van der Waals surface area contributed by atoms with E-state index >= 15 is 0 Å². The number of carbonyl (C=O) groups is 1. The maximum atomic E-state index is 11.1. The predicted octanol–water partition coefficient (Wildman–Crippen LogP) is 3.84. The lowest BCUT2D eigenvalue weighted by atomic mass is 9.66. The molecule has 110 valence electrons. The highest BCUT2D eigenvalue weighted by Gasteiger charge is 2.43. The lowest BCUT2D eigenvalue weighted by Crippen LogP contribution is -2.43. The molecule has 0 heterocycles. The van der Waals surface area contributed by atoms with E-state index in [4.69, 9.17) is 16.7 Å². The van der Waals surface area contributed by atoms with Crippen LogP contribution in [-0.4, -0.2) is 21.8 Å². The molecule has 0 spiro atoms. The second-order valence-corrected chi connectivity index (χ2v) is 6.27. The Morgan fingerprint density at radius 3 is 2.85 bits per heavy atom. The molecule has 0 bridgehead atoms. The molecule has 2 N–H and O–H groups in total. The van der Waals surface area contributed by atoms with Crippen LogP contribution in [0.5, 0.6) is 0 Å². The summed E-state index contributed by atoms with van der Waals surface area (Å²) < 4.78 is 0. The zero-order chi connectivity index (χ0) is 14.8. The quantitative estimate of drug-likeness (QED) is 0.887. The third-order valence-electron chi connectivity index (χ3n) is 4.49. The monoisotopic (exact) mass is 296 g/mol. The van der Waals surface area contributed by atoms with Crippen molar-refractivity contribution in [2.24, 2.45) is 5.92 Å². The van der Waals surface area contributed by atoms with Crippen molar-refractivity contribution >= 4 is 17.6 Å². The fraction of sp³-hybridized carbons (Fsp3) is 0.562. The van der Waals surface area contributed by atoms with Crippen LogP contribution in [0.25, 0.3) is 0 Å². The van der Waals surface area contributed by atoms with Crippen molar-refractivity contribution in [1.29, 1.82) is 0 Å². The second kappa shape index (κ2) is 6.15. The van der Waals surface area contributed by atoms with E-state index < -0.39 is 11.6 Å². The minimum Gasteiger partial charge on any atom is -0.481 e. The molecular formula is C16H21ClO3. The van der Waals surface area contributed by atoms with Crippen LogP contribution in [0.3, 0.4) is 0 Å². The van der Waals surface area contributed by atoms with Crippen molar-refractivity contribution in [3.05, 3.63) is 34.9 Å². The van der Waals surface area contributed by atoms with E-state index in [1.54, 1.807) is 6.07 Å². The highest BCUT2D eigenvalue weighted by molar-refractivity contribution is 6.30. The van der Waals surface area contributed by atoms with Crippen molar-refractivity contribution in [2.75, 3.05) is 0 Å². The van der Waals surface area contributed by atoms with Crippen LogP contribution >= 0.6 is 11.6 Å². The molecule has 1 fully saturated rings. The summed E-state index contributed by atoms with van der Waals surface area (Å²) in [5.41, 5.74) is -0.221. The van der Waals surface area contributed by atoms with Crippen LogP contribution in [0.4, 0.5) is 0 Å². The third-order valence-corrected chi connectivity index (χ3v) is 4.72. The summed E-state index contributed by atoms with van der Waals surface area (Å²) in [6, 6.07) is 7.42. The number of halogens is 1. The summed E-state index contributed by atoms with van der Waals surface area (Å²) in [5.74, 6) is -0.571. The Balaban J connectivity index is 2.33. The number of carboxylic acid groups (broad SMARTS) is 1. The van der Waals surface area contributed by atoms with E-state index in [1.807, 2.05) is 18.2 Å². The number of aliphatic carboxylic acids is 1. The van der Waals surface area contributed by atoms with Gasteiger partial charge in [0.15, 0.2) is 0 Å². The molecular weight excluding hydrogens is 276 g/mol. The molecule has 4 heteroatoms. The fourth-order valence-corrected chi connectivity index (χ4v) is 3.51. The molecule has 0 aromatic heterocycles. The van der Waals surface area contributed by atoms with E-state index in [9.17, 15) is 9.90 Å². The van der Waals surface area contributed by atoms with E-state index in [2.05, 4.69) is 6.92 Å². The number of aliphatic hydroxyl groups is 1. The number of hydrogen-bond acceptors (Lipinski definition) is 2. The first-order chi connectivity index (χ1) is 9.44. The number of hydrogen-bond donors (Lipinski definition) is 2. The van der Waals surface area contributed by atoms with Gasteiger partial charge in [0.2, 0.25) is 0 Å². The molecule has 3 unspecified atom stereocenters. The molecule has 1 aromatic rings. The van der Waals surface area contributed by atoms with Gasteiger partial charge in [-0.25, -0.2) is 0 Å². The highest BCUT2D eigenvalue weighted by atomic mass is 35.5. The van der Waals surface area contributed by atoms with Gasteiger partial charge in [-0.2, -0.15) is 0 Å². The highest BCUT2D eigenvalue weighted by Crippen LogP contribution is 2.46. The van der Waals surface area contributed by atoms with E-state index in [-0.39, 0.29) is 12.3 Å². The van der Waals surface area contributed by atoms with Crippen LogP contribution in [0, 0.1) is 5.92 Å². The Labute approximate surface area is 124 Å². The maximum absolute atomic E-state index is 11.1. The molecule has 1 aromatic carbocycles. The van der Waals surface area contributed by atoms with Gasteiger partial charge in [-0.3, -0.25) is 4.79 Å². The summed E-state index contributed by atoms with van der Waals surface area (Å²) in [4.78, 5) is 11.1. The van der Waals surface area contributed by atoms with E-state index in [1.165, 1.54) is 0 Å². The van der Waals surface area contributed by atoms with Crippen LogP contribution < -0.4 is 0 Å². The molecule has 0 amide bonds. The zero-order valence-corrected chi connectivity index (χ0v) is 12.4. The summed E-state index contributed by atoms with van der Waals surface area (Å²) in [7, 11) is 0. The van der Waals surface area contributed by atoms with Crippen LogP contribution in [0.2, 0.25) is 5.02 Å². The molecule has 0 radical (unpaired) electrons. The Hall–Kier alpha value is -1.06. The van der Waals surface area contributed by atoms with E-state index in [0.717, 1.165) is 24.8 Å². The van der Waals surface area contributed by atoms with Crippen LogP contribution in [-0.2, 0) is 4.79 Å². The first-order valence-corrected chi connectivity index (χ1v) is 7.52. The molecule has 0 aliphatic heterocycles. The summed E-state index contributed by atoms with van der Waals surface area (Å²) in [6.07, 6.45) is 3.09. The van der Waals surface area contributed by atoms with Gasteiger partial charge in [-0.05, 0) is 42.9 Å². The summed E-state index contributed by atoms with van der Waals surface area (Å²) in [5, 5.41) is 20.5. The van der Waals surface area contributed by atoms with Gasteiger partial charge in [0.25, 0.3) is 0 Å². The topological polar surface area (TPSA) is 57.5 Å². The van der Waals surface area contributed by atoms with Crippen molar-refractivity contribution in [3.63, 3.8) is 0 Å². The maximum Gasteiger partial charge on any atom is 0.306 e. The lowest BCUT2D eigenvalue weighted by molar-refractivity contribution is -0.145. The molecule has 1 aliphatic rings. The lowest BCUT2D eigenvalue weighted by Gasteiger charge is -2.42. The average molecular weight is 297 g/mol. The van der Waals surface area contributed by atoms with Crippen LogP contribution in [0.15, 0.2) is 24.3 Å². The molecule has 20 heavy (non-hydrogen) atoms. The third kappa shape index (κ3) is 3.33. The molecule has 3 nitrogen and oxygen atoms in total. The average Bonchev–Trinajstić information content (AvgIpc) is 2.38. The number of carboxylic acids is 1. The van der Waals surface area contributed by atoms with E-state index in [0.29, 0.717) is 17.4 Å². The van der Waals surface area contributed by atoms with Gasteiger partial charge in [0.1, 0.15) is 0 Å². The molecule has 0 saturated heterocycles. The first kappa shape index (κ1) is 15.3.